The Morgan fingerprint density at radius 1 is 1.09 bits per heavy atom. The van der Waals surface area contributed by atoms with Crippen molar-refractivity contribution in [2.24, 2.45) is 5.41 Å². The van der Waals surface area contributed by atoms with E-state index in [9.17, 15) is 9.50 Å². The number of halogens is 1. The third kappa shape index (κ3) is 6.82. The lowest BCUT2D eigenvalue weighted by molar-refractivity contribution is 0.183. The van der Waals surface area contributed by atoms with Crippen LogP contribution in [0.1, 0.15) is 50.7 Å². The average Bonchev–Trinajstić information content (AvgIpc) is 3.71. The number of aromatic nitrogens is 3. The van der Waals surface area contributed by atoms with Gasteiger partial charge in [0.2, 0.25) is 0 Å². The van der Waals surface area contributed by atoms with Gasteiger partial charge in [-0.25, -0.2) is 9.37 Å². The Morgan fingerprint density at radius 3 is 2.38 bits per heavy atom. The molecule has 0 amide bonds. The molecule has 8 nitrogen and oxygen atoms in total. The molecule has 2 atom stereocenters. The highest BCUT2D eigenvalue weighted by Gasteiger charge is 2.44. The number of ether oxygens (including phenoxy) is 1. The van der Waals surface area contributed by atoms with Crippen molar-refractivity contribution in [3.63, 3.8) is 0 Å². The van der Waals surface area contributed by atoms with Gasteiger partial charge in [0, 0.05) is 54.3 Å². The number of nitrogens with one attached hydrogen (secondary N) is 1. The number of terminal acetylenes is 2. The van der Waals surface area contributed by atoms with Gasteiger partial charge in [-0.2, -0.15) is 22.6 Å². The molecular weight excluding hydrogens is 612 g/mol. The van der Waals surface area contributed by atoms with E-state index in [-0.39, 0.29) is 22.7 Å². The molecule has 2 saturated heterocycles. The van der Waals surface area contributed by atoms with Crippen LogP contribution in [0.5, 0.6) is 11.8 Å². The zero-order valence-corrected chi connectivity index (χ0v) is 28.2. The van der Waals surface area contributed by atoms with Gasteiger partial charge in [-0.15, -0.1) is 12.8 Å². The largest absolute Gasteiger partial charge is 0.508 e. The van der Waals surface area contributed by atoms with Gasteiger partial charge in [0.05, 0.1) is 17.7 Å². The molecule has 2 bridgehead atoms. The Morgan fingerprint density at radius 2 is 1.77 bits per heavy atom. The molecule has 1 aliphatic carbocycles. The molecule has 10 heteroatoms. The van der Waals surface area contributed by atoms with Gasteiger partial charge in [-0.1, -0.05) is 31.8 Å². The lowest BCUT2D eigenvalue weighted by atomic mass is 9.92. The van der Waals surface area contributed by atoms with Gasteiger partial charge in [0.25, 0.3) is 0 Å². The zero-order chi connectivity index (χ0) is 33.5. The number of rotatable bonds is 7. The molecule has 2 aromatic carbocycles. The first kappa shape index (κ1) is 32.8. The van der Waals surface area contributed by atoms with Crippen LogP contribution >= 0.6 is 12.6 Å². The van der Waals surface area contributed by atoms with Crippen LogP contribution < -0.4 is 15.0 Å². The monoisotopic (exact) mass is 652 g/mol. The van der Waals surface area contributed by atoms with Crippen LogP contribution in [0.15, 0.2) is 30.5 Å². The summed E-state index contributed by atoms with van der Waals surface area (Å²) in [6.07, 6.45) is 18.0. The average molecular weight is 653 g/mol. The number of aromatic hydroxyl groups is 1. The normalized spacial score (nSPS) is 19.4. The molecule has 2 N–H and O–H groups in total. The molecule has 2 aliphatic heterocycles. The SMILES string of the molecule is C#Cc1c(-c2cc(O)cc3ccc(F)c(C#C)c23)cnc2c(N3CC4CC[C@H](C3)N4)nc(OCC3(CN(C)C)CC3)nc12.CC(C)S. The quantitative estimate of drug-likeness (QED) is 0.175. The van der Waals surface area contributed by atoms with E-state index in [0.717, 1.165) is 45.3 Å². The highest BCUT2D eigenvalue weighted by molar-refractivity contribution is 7.80. The lowest BCUT2D eigenvalue weighted by Gasteiger charge is -2.34. The van der Waals surface area contributed by atoms with E-state index < -0.39 is 5.82 Å². The van der Waals surface area contributed by atoms with Gasteiger partial charge < -0.3 is 25.0 Å². The van der Waals surface area contributed by atoms with Crippen molar-refractivity contribution < 1.29 is 14.2 Å². The molecule has 47 heavy (non-hydrogen) atoms. The fourth-order valence-electron chi connectivity index (χ4n) is 6.83. The van der Waals surface area contributed by atoms with Crippen molar-refractivity contribution in [3.8, 4) is 47.6 Å². The van der Waals surface area contributed by atoms with Crippen molar-refractivity contribution in [3.05, 3.63) is 47.4 Å². The van der Waals surface area contributed by atoms with Crippen molar-refractivity contribution in [2.75, 3.05) is 45.2 Å². The number of nitrogens with zero attached hydrogens (tertiary/aromatic N) is 5. The van der Waals surface area contributed by atoms with Crippen LogP contribution in [0.4, 0.5) is 10.2 Å². The van der Waals surface area contributed by atoms with Crippen molar-refractivity contribution >= 4 is 40.3 Å². The van der Waals surface area contributed by atoms with E-state index in [1.807, 2.05) is 13.8 Å². The number of benzene rings is 2. The number of hydrogen-bond donors (Lipinski definition) is 3. The molecule has 1 unspecified atom stereocenters. The standard InChI is InChI=1S/C34H33FN6O2.C3H8S/c1-5-24-27(26-14-23(42)13-20-7-10-28(35)25(6-2)29(20)26)15-36-31-30(24)38-33(43-19-34(11-12-34)18-40(3)4)39-32(31)41-16-21-8-9-22(17-41)37-21;1-3(2)4/h1-2,7,10,13-15,21-22,37,42H,8-9,11-12,16-19H2,3-4H3;3-4H,1-2H3/t21-,22?;/m1./s1. The van der Waals surface area contributed by atoms with Crippen LogP contribution in [0, 0.1) is 35.9 Å². The number of fused-ring (bicyclic) bond motifs is 4. The minimum atomic E-state index is -0.529. The minimum absolute atomic E-state index is 0.000498. The Balaban J connectivity index is 0.000000915. The second-order valence-corrected chi connectivity index (χ2v) is 14.6. The predicted octanol–water partition coefficient (Wildman–Crippen LogP) is 5.64. The van der Waals surface area contributed by atoms with E-state index in [2.05, 4.69) is 53.7 Å². The van der Waals surface area contributed by atoms with Crippen LogP contribution in [0.25, 0.3) is 32.9 Å². The van der Waals surface area contributed by atoms with Gasteiger partial charge in [0.15, 0.2) is 5.82 Å². The topological polar surface area (TPSA) is 86.6 Å². The number of thiol groups is 1. The van der Waals surface area contributed by atoms with E-state index in [4.69, 9.17) is 32.5 Å². The number of pyridine rings is 1. The number of piperazine rings is 1. The molecule has 3 fully saturated rings. The number of phenolic OH excluding ortho intramolecular Hbond substituents is 1. The molecule has 4 heterocycles. The Hall–Kier alpha value is -4.09. The fourth-order valence-corrected chi connectivity index (χ4v) is 6.83. The summed E-state index contributed by atoms with van der Waals surface area (Å²) in [6.45, 7) is 7.08. The second kappa shape index (κ2) is 13.2. The van der Waals surface area contributed by atoms with Gasteiger partial charge in [-0.05, 0) is 74.2 Å². The zero-order valence-electron chi connectivity index (χ0n) is 27.3. The van der Waals surface area contributed by atoms with Gasteiger partial charge >= 0.3 is 6.01 Å². The van der Waals surface area contributed by atoms with Gasteiger partial charge in [0.1, 0.15) is 22.6 Å². The molecule has 2 aromatic heterocycles. The minimum Gasteiger partial charge on any atom is -0.508 e. The number of phenols is 1. The summed E-state index contributed by atoms with van der Waals surface area (Å²) in [5.41, 5.74) is 2.67. The summed E-state index contributed by atoms with van der Waals surface area (Å²) in [5.74, 6) is 5.46. The van der Waals surface area contributed by atoms with E-state index >= 15 is 0 Å². The third-order valence-electron chi connectivity index (χ3n) is 8.94. The summed E-state index contributed by atoms with van der Waals surface area (Å²) in [7, 11) is 4.14. The van der Waals surface area contributed by atoms with E-state index in [0.29, 0.717) is 68.3 Å². The van der Waals surface area contributed by atoms with Gasteiger partial charge in [-0.3, -0.25) is 0 Å². The summed E-state index contributed by atoms with van der Waals surface area (Å²) >= 11 is 3.97. The number of anilines is 1. The van der Waals surface area contributed by atoms with Crippen LogP contribution in [0.2, 0.25) is 0 Å². The van der Waals surface area contributed by atoms with Crippen molar-refractivity contribution in [1.82, 2.24) is 25.2 Å². The highest BCUT2D eigenvalue weighted by atomic mass is 32.1. The molecule has 7 rings (SSSR count). The molecular formula is C37H41FN6O2S. The predicted molar refractivity (Wildman–Crippen MR) is 190 cm³/mol. The maximum absolute atomic E-state index is 14.9. The maximum atomic E-state index is 14.9. The molecule has 0 spiro atoms. The summed E-state index contributed by atoms with van der Waals surface area (Å²) in [4.78, 5) is 19.0. The smallest absolute Gasteiger partial charge is 0.319 e. The summed E-state index contributed by atoms with van der Waals surface area (Å²) in [5, 5.41) is 15.9. The first-order valence-electron chi connectivity index (χ1n) is 16.1. The molecule has 0 radical (unpaired) electrons. The van der Waals surface area contributed by atoms with Crippen molar-refractivity contribution in [2.45, 2.75) is 56.9 Å². The number of hydrogen-bond acceptors (Lipinski definition) is 9. The van der Waals surface area contributed by atoms with E-state index in [1.165, 1.54) is 12.1 Å². The lowest BCUT2D eigenvalue weighted by Crippen LogP contribution is -2.51. The fraction of sp³-hybridized carbons (Fsp3) is 0.432. The Bertz CT molecular complexity index is 1900. The second-order valence-electron chi connectivity index (χ2n) is 13.5. The molecule has 244 valence electrons. The Kier molecular flexibility index (Phi) is 9.22. The first-order chi connectivity index (χ1) is 22.5. The summed E-state index contributed by atoms with van der Waals surface area (Å²) in [6, 6.07) is 6.99. The molecule has 3 aliphatic rings. The first-order valence-corrected chi connectivity index (χ1v) is 16.6. The van der Waals surface area contributed by atoms with Crippen LogP contribution in [-0.4, -0.2) is 82.6 Å². The van der Waals surface area contributed by atoms with Crippen molar-refractivity contribution in [1.29, 1.82) is 0 Å². The molecule has 1 saturated carbocycles. The van der Waals surface area contributed by atoms with Crippen LogP contribution in [0.3, 0.4) is 0 Å². The maximum Gasteiger partial charge on any atom is 0.319 e. The van der Waals surface area contributed by atoms with Crippen LogP contribution in [-0.2, 0) is 0 Å². The summed E-state index contributed by atoms with van der Waals surface area (Å²) < 4.78 is 21.2. The molecule has 4 aromatic rings. The highest BCUT2D eigenvalue weighted by Crippen LogP contribution is 2.46. The van der Waals surface area contributed by atoms with E-state index in [1.54, 1.807) is 18.3 Å². The Labute approximate surface area is 281 Å². The third-order valence-corrected chi connectivity index (χ3v) is 8.94.